The summed E-state index contributed by atoms with van der Waals surface area (Å²) in [6, 6.07) is 10.7. The van der Waals surface area contributed by atoms with Crippen molar-refractivity contribution in [2.24, 2.45) is 5.92 Å². The van der Waals surface area contributed by atoms with Gasteiger partial charge in [-0.25, -0.2) is 17.1 Å². The average molecular weight is 753 g/mol. The quantitative estimate of drug-likeness (QED) is 0.307. The first-order valence-corrected chi connectivity index (χ1v) is 19.8. The molecule has 0 aliphatic carbocycles. The van der Waals surface area contributed by atoms with Gasteiger partial charge in [0.1, 0.15) is 5.75 Å². The van der Waals surface area contributed by atoms with E-state index in [0.717, 1.165) is 30.5 Å². The molecule has 1 N–H and O–H groups in total. The van der Waals surface area contributed by atoms with E-state index < -0.39 is 51.1 Å². The molecule has 0 unspecified atom stereocenters. The summed E-state index contributed by atoms with van der Waals surface area (Å²) in [6.07, 6.45) is -1.03. The van der Waals surface area contributed by atoms with E-state index in [1.54, 1.807) is 24.3 Å². The highest BCUT2D eigenvalue weighted by molar-refractivity contribution is 7.89. The molecule has 1 amide bonds. The van der Waals surface area contributed by atoms with Gasteiger partial charge in [-0.2, -0.15) is 13.2 Å². The summed E-state index contributed by atoms with van der Waals surface area (Å²) in [5.41, 5.74) is -1.26. The lowest BCUT2D eigenvalue weighted by Crippen LogP contribution is -2.52. The van der Waals surface area contributed by atoms with Crippen LogP contribution in [0.2, 0.25) is 0 Å². The summed E-state index contributed by atoms with van der Waals surface area (Å²) in [6.45, 7) is 2.51. The van der Waals surface area contributed by atoms with Crippen LogP contribution in [0.25, 0.3) is 0 Å². The lowest BCUT2D eigenvalue weighted by molar-refractivity contribution is -0.145. The number of rotatable bonds is 11. The maximum atomic E-state index is 17.4. The fourth-order valence-electron chi connectivity index (χ4n) is 8.42. The minimum atomic E-state index is -4.55. The van der Waals surface area contributed by atoms with Gasteiger partial charge in [-0.15, -0.1) is 0 Å². The van der Waals surface area contributed by atoms with Gasteiger partial charge < -0.3 is 19.6 Å². The molecule has 52 heavy (non-hydrogen) atoms. The second-order valence-electron chi connectivity index (χ2n) is 14.6. The number of halogens is 4. The van der Waals surface area contributed by atoms with Crippen molar-refractivity contribution >= 4 is 27.6 Å². The molecule has 6 rings (SSSR count). The van der Waals surface area contributed by atoms with Gasteiger partial charge in [-0.1, -0.05) is 18.2 Å². The Morgan fingerprint density at radius 1 is 0.942 bits per heavy atom. The van der Waals surface area contributed by atoms with Crippen LogP contribution >= 0.6 is 0 Å². The number of carbonyl (C=O) groups excluding carboxylic acids is 1. The van der Waals surface area contributed by atoms with Gasteiger partial charge in [-0.05, 0) is 92.8 Å². The second kappa shape index (κ2) is 15.5. The van der Waals surface area contributed by atoms with Gasteiger partial charge in [-0.3, -0.25) is 14.5 Å². The number of nitrogens with zero attached hydrogens (tertiary/aromatic N) is 4. The Kier molecular flexibility index (Phi) is 11.4. The molecule has 4 heterocycles. The molecule has 10 nitrogen and oxygen atoms in total. The molecule has 4 saturated heterocycles. The Bertz CT molecular complexity index is 1690. The molecule has 15 heteroatoms. The minimum Gasteiger partial charge on any atom is -0.497 e. The molecule has 4 fully saturated rings. The summed E-state index contributed by atoms with van der Waals surface area (Å²) in [7, 11) is -1.87. The monoisotopic (exact) mass is 752 g/mol. The molecule has 0 aromatic heterocycles. The highest BCUT2D eigenvalue weighted by atomic mass is 32.2. The largest absolute Gasteiger partial charge is 0.497 e. The SMILES string of the molecule is COc1ccc([C@@H]2CN(CCCS(=O)(=O)N3CCCC3)C[C@@]2(F)C(=O)N2CCC(c3ccc(C(F)(F)F)cc3N3CCC(C(=O)O)CC3)CC2)cc1. The molecule has 0 bridgehead atoms. The van der Waals surface area contributed by atoms with Gasteiger partial charge in [0.2, 0.25) is 15.7 Å². The summed E-state index contributed by atoms with van der Waals surface area (Å²) < 4.78 is 91.2. The van der Waals surface area contributed by atoms with Crippen LogP contribution in [0, 0.1) is 5.92 Å². The third kappa shape index (κ3) is 8.20. The fraction of sp³-hybridized carbons (Fsp3) is 0.622. The standard InChI is InChI=1S/C37H48F4N4O6S/c1-51-30-8-5-27(6-9-30)32-24-42(15-4-22-52(49,50)45-16-2-3-17-45)25-36(32,38)35(48)44-20-11-26(12-21-44)31-10-7-29(37(39,40)41)23-33(31)43-18-13-28(14-19-43)34(46)47/h5-10,23,26,28,32H,2-4,11-22,24-25H2,1H3,(H,46,47)/t32-,36-/m0/s1. The van der Waals surface area contributed by atoms with Crippen molar-refractivity contribution in [3.05, 3.63) is 59.2 Å². The van der Waals surface area contributed by atoms with Crippen molar-refractivity contribution in [2.75, 3.05) is 76.7 Å². The van der Waals surface area contributed by atoms with Crippen molar-refractivity contribution in [3.8, 4) is 5.75 Å². The van der Waals surface area contributed by atoms with E-state index in [-0.39, 0.29) is 37.8 Å². The van der Waals surface area contributed by atoms with Crippen LogP contribution in [0.3, 0.4) is 0 Å². The highest BCUT2D eigenvalue weighted by Crippen LogP contribution is 2.44. The van der Waals surface area contributed by atoms with Crippen LogP contribution in [0.5, 0.6) is 5.75 Å². The number of methoxy groups -OCH3 is 1. The number of carboxylic acids is 1. The predicted octanol–water partition coefficient (Wildman–Crippen LogP) is 5.34. The molecule has 0 saturated carbocycles. The van der Waals surface area contributed by atoms with Gasteiger partial charge >= 0.3 is 12.1 Å². The Morgan fingerprint density at radius 3 is 2.19 bits per heavy atom. The molecule has 286 valence electrons. The first kappa shape index (κ1) is 38.3. The number of likely N-dealkylation sites (tertiary alicyclic amines) is 2. The number of amides is 1. The van der Waals surface area contributed by atoms with Gasteiger partial charge in [0.15, 0.2) is 0 Å². The molecule has 0 radical (unpaired) electrons. The minimum absolute atomic E-state index is 0.0407. The van der Waals surface area contributed by atoms with Crippen LogP contribution in [-0.4, -0.2) is 117 Å². The molecule has 2 aromatic carbocycles. The van der Waals surface area contributed by atoms with E-state index in [1.165, 1.54) is 22.4 Å². The number of alkyl halides is 4. The van der Waals surface area contributed by atoms with Gasteiger partial charge in [0.25, 0.3) is 5.91 Å². The Hall–Kier alpha value is -3.43. The first-order valence-electron chi connectivity index (χ1n) is 18.2. The number of sulfonamides is 1. The number of anilines is 1. The molecule has 2 atom stereocenters. The molecule has 4 aliphatic rings. The first-order chi connectivity index (χ1) is 24.7. The van der Waals surface area contributed by atoms with Crippen LogP contribution in [0.4, 0.5) is 23.2 Å². The lowest BCUT2D eigenvalue weighted by atomic mass is 9.83. The molecule has 0 spiro atoms. The normalized spacial score (nSPS) is 24.4. The molecule has 4 aliphatic heterocycles. The summed E-state index contributed by atoms with van der Waals surface area (Å²) in [5.74, 6) is -2.50. The van der Waals surface area contributed by atoms with Crippen LogP contribution in [-0.2, 0) is 25.8 Å². The zero-order valence-corrected chi connectivity index (χ0v) is 30.3. The van der Waals surface area contributed by atoms with E-state index in [0.29, 0.717) is 81.8 Å². The third-order valence-electron chi connectivity index (χ3n) is 11.4. The zero-order valence-electron chi connectivity index (χ0n) is 29.5. The topological polar surface area (TPSA) is 111 Å². The van der Waals surface area contributed by atoms with E-state index in [2.05, 4.69) is 0 Å². The number of hydrogen-bond donors (Lipinski definition) is 1. The van der Waals surface area contributed by atoms with Crippen LogP contribution in [0.15, 0.2) is 42.5 Å². The van der Waals surface area contributed by atoms with E-state index in [9.17, 15) is 36.3 Å². The maximum Gasteiger partial charge on any atom is 0.416 e. The van der Waals surface area contributed by atoms with Crippen LogP contribution in [0.1, 0.15) is 73.5 Å². The van der Waals surface area contributed by atoms with E-state index in [4.69, 9.17) is 4.74 Å². The van der Waals surface area contributed by atoms with E-state index in [1.807, 2.05) is 9.80 Å². The summed E-state index contributed by atoms with van der Waals surface area (Å²) in [5, 5.41) is 9.43. The average Bonchev–Trinajstić information content (AvgIpc) is 3.81. The lowest BCUT2D eigenvalue weighted by Gasteiger charge is -2.39. The second-order valence-corrected chi connectivity index (χ2v) is 16.7. The maximum absolute atomic E-state index is 17.4. The smallest absolute Gasteiger partial charge is 0.416 e. The van der Waals surface area contributed by atoms with Gasteiger partial charge in [0, 0.05) is 64.0 Å². The number of hydrogen-bond acceptors (Lipinski definition) is 7. The van der Waals surface area contributed by atoms with Crippen LogP contribution < -0.4 is 9.64 Å². The van der Waals surface area contributed by atoms with Crippen molar-refractivity contribution in [2.45, 2.75) is 68.6 Å². The van der Waals surface area contributed by atoms with Crippen molar-refractivity contribution in [1.82, 2.24) is 14.1 Å². The number of carboxylic acid groups (broad SMARTS) is 1. The van der Waals surface area contributed by atoms with Gasteiger partial charge in [0.05, 0.1) is 24.3 Å². The van der Waals surface area contributed by atoms with Crippen molar-refractivity contribution in [3.63, 3.8) is 0 Å². The number of ether oxygens (including phenoxy) is 1. The van der Waals surface area contributed by atoms with Crippen molar-refractivity contribution < 1.29 is 45.4 Å². The molecule has 2 aromatic rings. The Morgan fingerprint density at radius 2 is 1.60 bits per heavy atom. The summed E-state index contributed by atoms with van der Waals surface area (Å²) >= 11 is 0. The predicted molar refractivity (Wildman–Crippen MR) is 188 cm³/mol. The highest BCUT2D eigenvalue weighted by Gasteiger charge is 2.55. The third-order valence-corrected chi connectivity index (χ3v) is 13.4. The Balaban J connectivity index is 1.16. The fourth-order valence-corrected chi connectivity index (χ4v) is 9.99. The molecular formula is C37H48F4N4O6S. The van der Waals surface area contributed by atoms with E-state index >= 15 is 4.39 Å². The number of aliphatic carboxylic acids is 1. The number of piperidine rings is 2. The number of benzene rings is 2. The molecular weight excluding hydrogens is 704 g/mol. The summed E-state index contributed by atoms with van der Waals surface area (Å²) in [4.78, 5) is 30.9. The Labute approximate surface area is 302 Å². The number of carbonyl (C=O) groups is 2. The zero-order chi connectivity index (χ0) is 37.3. The van der Waals surface area contributed by atoms with Crippen molar-refractivity contribution in [1.29, 1.82) is 0 Å².